The zero-order chi connectivity index (χ0) is 16.0. The maximum absolute atomic E-state index is 12.4. The van der Waals surface area contributed by atoms with Gasteiger partial charge in [-0.25, -0.2) is 0 Å². The van der Waals surface area contributed by atoms with Crippen molar-refractivity contribution in [2.45, 2.75) is 27.2 Å². The second kappa shape index (κ2) is 7.61. The van der Waals surface area contributed by atoms with Gasteiger partial charge in [-0.15, -0.1) is 0 Å². The van der Waals surface area contributed by atoms with E-state index in [0.29, 0.717) is 12.5 Å². The second-order valence-electron chi connectivity index (χ2n) is 5.50. The molecule has 0 spiro atoms. The molecular weight excluding hydrogens is 270 g/mol. The van der Waals surface area contributed by atoms with Gasteiger partial charge in [0.2, 0.25) is 0 Å². The molecule has 0 saturated heterocycles. The molecular formula is C15H23N3O3. The van der Waals surface area contributed by atoms with Gasteiger partial charge in [0.1, 0.15) is 5.56 Å². The average Bonchev–Trinajstić information content (AvgIpc) is 2.43. The molecule has 1 N–H and O–H groups in total. The maximum Gasteiger partial charge on any atom is 0.282 e. The Kier molecular flexibility index (Phi) is 6.14. The van der Waals surface area contributed by atoms with Crippen LogP contribution in [-0.2, 0) is 0 Å². The molecule has 0 unspecified atom stereocenters. The van der Waals surface area contributed by atoms with E-state index in [1.165, 1.54) is 11.0 Å². The van der Waals surface area contributed by atoms with Crippen molar-refractivity contribution in [3.8, 4) is 0 Å². The number of nitro groups is 1. The molecule has 0 bridgehead atoms. The Bertz CT molecular complexity index is 515. The summed E-state index contributed by atoms with van der Waals surface area (Å²) in [6.07, 6.45) is 0.938. The largest absolute Gasteiger partial charge is 0.385 e. The molecule has 116 valence electrons. The van der Waals surface area contributed by atoms with Crippen LogP contribution >= 0.6 is 0 Å². The molecule has 1 rings (SSSR count). The molecule has 1 amide bonds. The molecule has 0 atom stereocenters. The standard InChI is InChI=1S/C15H23N3O3/c1-5-8-16-12-6-7-14(18(20)21)13(9-12)15(19)17(4)10-11(2)3/h6-7,9,11,16H,5,8,10H2,1-4H3. The third-order valence-corrected chi connectivity index (χ3v) is 2.99. The fraction of sp³-hybridized carbons (Fsp3) is 0.533. The van der Waals surface area contributed by atoms with E-state index in [9.17, 15) is 14.9 Å². The van der Waals surface area contributed by atoms with Crippen LogP contribution in [0.1, 0.15) is 37.6 Å². The van der Waals surface area contributed by atoms with Crippen LogP contribution in [0.25, 0.3) is 0 Å². The predicted molar refractivity (Wildman–Crippen MR) is 83.7 cm³/mol. The van der Waals surface area contributed by atoms with E-state index < -0.39 is 4.92 Å². The summed E-state index contributed by atoms with van der Waals surface area (Å²) >= 11 is 0. The zero-order valence-electron chi connectivity index (χ0n) is 13.0. The van der Waals surface area contributed by atoms with Crippen LogP contribution in [0.2, 0.25) is 0 Å². The van der Waals surface area contributed by atoms with Crippen LogP contribution in [0.5, 0.6) is 0 Å². The first-order valence-electron chi connectivity index (χ1n) is 7.14. The average molecular weight is 293 g/mol. The minimum absolute atomic E-state index is 0.129. The summed E-state index contributed by atoms with van der Waals surface area (Å²) in [5, 5.41) is 14.3. The monoisotopic (exact) mass is 293 g/mol. The van der Waals surface area contributed by atoms with Crippen LogP contribution in [0.4, 0.5) is 11.4 Å². The van der Waals surface area contributed by atoms with Gasteiger partial charge in [0.05, 0.1) is 4.92 Å². The van der Waals surface area contributed by atoms with Gasteiger partial charge in [-0.3, -0.25) is 14.9 Å². The molecule has 0 aliphatic heterocycles. The number of nitrogens with zero attached hydrogens (tertiary/aromatic N) is 2. The van der Waals surface area contributed by atoms with Crippen molar-refractivity contribution in [1.82, 2.24) is 4.90 Å². The highest BCUT2D eigenvalue weighted by Gasteiger charge is 2.23. The number of rotatable bonds is 7. The summed E-state index contributed by atoms with van der Waals surface area (Å²) in [6.45, 7) is 7.34. The van der Waals surface area contributed by atoms with Crippen LogP contribution in [0.3, 0.4) is 0 Å². The van der Waals surface area contributed by atoms with E-state index in [-0.39, 0.29) is 17.2 Å². The van der Waals surface area contributed by atoms with Crippen LogP contribution < -0.4 is 5.32 Å². The van der Waals surface area contributed by atoms with Crippen molar-refractivity contribution < 1.29 is 9.72 Å². The molecule has 0 aromatic heterocycles. The molecule has 0 heterocycles. The Morgan fingerprint density at radius 2 is 2.10 bits per heavy atom. The number of nitrogens with one attached hydrogen (secondary N) is 1. The summed E-state index contributed by atoms with van der Waals surface area (Å²) in [5.74, 6) is -0.0186. The number of carbonyl (C=O) groups is 1. The Labute approximate surface area is 125 Å². The second-order valence-corrected chi connectivity index (χ2v) is 5.50. The minimum Gasteiger partial charge on any atom is -0.385 e. The number of nitro benzene ring substituents is 1. The first-order valence-corrected chi connectivity index (χ1v) is 7.14. The highest BCUT2D eigenvalue weighted by atomic mass is 16.6. The lowest BCUT2D eigenvalue weighted by molar-refractivity contribution is -0.385. The molecule has 1 aromatic rings. The van der Waals surface area contributed by atoms with Crippen molar-refractivity contribution in [3.63, 3.8) is 0 Å². The van der Waals surface area contributed by atoms with Crippen molar-refractivity contribution in [1.29, 1.82) is 0 Å². The van der Waals surface area contributed by atoms with Gasteiger partial charge in [0, 0.05) is 31.9 Å². The minimum atomic E-state index is -0.514. The molecule has 0 aliphatic rings. The van der Waals surface area contributed by atoms with Crippen molar-refractivity contribution in [2.24, 2.45) is 5.92 Å². The Morgan fingerprint density at radius 1 is 1.43 bits per heavy atom. The number of hydrogen-bond donors (Lipinski definition) is 1. The van der Waals surface area contributed by atoms with Gasteiger partial charge < -0.3 is 10.2 Å². The smallest absolute Gasteiger partial charge is 0.282 e. The highest BCUT2D eigenvalue weighted by Crippen LogP contribution is 2.24. The third kappa shape index (κ3) is 4.73. The molecule has 0 aliphatic carbocycles. The summed E-state index contributed by atoms with van der Waals surface area (Å²) in [6, 6.07) is 4.58. The predicted octanol–water partition coefficient (Wildman–Crippen LogP) is 3.14. The van der Waals surface area contributed by atoms with E-state index in [2.05, 4.69) is 5.32 Å². The Morgan fingerprint density at radius 3 is 2.62 bits per heavy atom. The quantitative estimate of drug-likeness (QED) is 0.619. The molecule has 6 heteroatoms. The van der Waals surface area contributed by atoms with Gasteiger partial charge in [0.15, 0.2) is 0 Å². The summed E-state index contributed by atoms with van der Waals surface area (Å²) in [4.78, 5) is 24.5. The number of hydrogen-bond acceptors (Lipinski definition) is 4. The number of carbonyl (C=O) groups excluding carboxylic acids is 1. The van der Waals surface area contributed by atoms with Crippen LogP contribution in [0, 0.1) is 16.0 Å². The lowest BCUT2D eigenvalue weighted by Crippen LogP contribution is -2.30. The van der Waals surface area contributed by atoms with Crippen LogP contribution in [0.15, 0.2) is 18.2 Å². The summed E-state index contributed by atoms with van der Waals surface area (Å²) in [5.41, 5.74) is 0.700. The van der Waals surface area contributed by atoms with Gasteiger partial charge in [0.25, 0.3) is 11.6 Å². The highest BCUT2D eigenvalue weighted by molar-refractivity contribution is 5.99. The van der Waals surface area contributed by atoms with Crippen molar-refractivity contribution >= 4 is 17.3 Å². The van der Waals surface area contributed by atoms with Gasteiger partial charge in [-0.05, 0) is 24.5 Å². The molecule has 6 nitrogen and oxygen atoms in total. The Balaban J connectivity index is 3.10. The van der Waals surface area contributed by atoms with E-state index in [0.717, 1.165) is 18.7 Å². The van der Waals surface area contributed by atoms with E-state index in [1.807, 2.05) is 20.8 Å². The molecule has 0 fully saturated rings. The van der Waals surface area contributed by atoms with E-state index in [1.54, 1.807) is 19.2 Å². The number of anilines is 1. The lowest BCUT2D eigenvalue weighted by Gasteiger charge is -2.19. The van der Waals surface area contributed by atoms with Crippen molar-refractivity contribution in [3.05, 3.63) is 33.9 Å². The lowest BCUT2D eigenvalue weighted by atomic mass is 10.1. The summed E-state index contributed by atoms with van der Waals surface area (Å²) < 4.78 is 0. The van der Waals surface area contributed by atoms with Gasteiger partial charge in [-0.2, -0.15) is 0 Å². The first kappa shape index (κ1) is 16.9. The van der Waals surface area contributed by atoms with Crippen molar-refractivity contribution in [2.75, 3.05) is 25.5 Å². The number of benzene rings is 1. The summed E-state index contributed by atoms with van der Waals surface area (Å²) in [7, 11) is 1.66. The Hall–Kier alpha value is -2.11. The fourth-order valence-electron chi connectivity index (χ4n) is 2.08. The zero-order valence-corrected chi connectivity index (χ0v) is 13.0. The molecule has 0 radical (unpaired) electrons. The van der Waals surface area contributed by atoms with Gasteiger partial charge >= 0.3 is 0 Å². The normalized spacial score (nSPS) is 10.5. The fourth-order valence-corrected chi connectivity index (χ4v) is 2.08. The topological polar surface area (TPSA) is 75.5 Å². The maximum atomic E-state index is 12.4. The van der Waals surface area contributed by atoms with Gasteiger partial charge in [-0.1, -0.05) is 20.8 Å². The molecule has 1 aromatic carbocycles. The molecule has 21 heavy (non-hydrogen) atoms. The van der Waals surface area contributed by atoms with E-state index in [4.69, 9.17) is 0 Å². The van der Waals surface area contributed by atoms with E-state index >= 15 is 0 Å². The first-order chi connectivity index (χ1) is 9.86. The van der Waals surface area contributed by atoms with Crippen LogP contribution in [-0.4, -0.2) is 35.9 Å². The molecule has 0 saturated carbocycles. The third-order valence-electron chi connectivity index (χ3n) is 2.99. The SMILES string of the molecule is CCCNc1ccc([N+](=O)[O-])c(C(=O)N(C)CC(C)C)c1. The number of amides is 1.